The normalized spacial score (nSPS) is 16.7. The van der Waals surface area contributed by atoms with Crippen LogP contribution in [-0.4, -0.2) is 52.2 Å². The minimum atomic E-state index is -0.749. The highest BCUT2D eigenvalue weighted by Crippen LogP contribution is 2.46. The van der Waals surface area contributed by atoms with E-state index in [2.05, 4.69) is 5.32 Å². The first-order valence-corrected chi connectivity index (χ1v) is 11.5. The lowest BCUT2D eigenvalue weighted by atomic mass is 9.79. The Morgan fingerprint density at radius 1 is 0.833 bits per heavy atom. The highest BCUT2D eigenvalue weighted by Gasteiger charge is 2.43. The molecule has 0 saturated carbocycles. The Bertz CT molecular complexity index is 1290. The molecule has 8 nitrogen and oxygen atoms in total. The zero-order valence-corrected chi connectivity index (χ0v) is 21.2. The van der Waals surface area contributed by atoms with Crippen molar-refractivity contribution in [1.82, 2.24) is 4.90 Å². The predicted octanol–water partition coefficient (Wildman–Crippen LogP) is 4.58. The lowest BCUT2D eigenvalue weighted by Gasteiger charge is -2.40. The molecule has 1 N–H and O–H groups in total. The molecule has 0 radical (unpaired) electrons. The minimum absolute atomic E-state index is 0.219. The van der Waals surface area contributed by atoms with Gasteiger partial charge in [-0.1, -0.05) is 18.2 Å². The van der Waals surface area contributed by atoms with Crippen LogP contribution in [0.2, 0.25) is 0 Å². The molecular weight excluding hydrogens is 460 g/mol. The van der Waals surface area contributed by atoms with Crippen LogP contribution < -0.4 is 24.3 Å². The molecule has 3 aromatic carbocycles. The van der Waals surface area contributed by atoms with Crippen LogP contribution in [0.15, 0.2) is 54.6 Å². The molecule has 0 bridgehead atoms. The number of fused-ring (bicyclic) bond motifs is 1. The summed E-state index contributed by atoms with van der Waals surface area (Å²) in [5.74, 6) is 0.828. The highest BCUT2D eigenvalue weighted by atomic mass is 16.5. The Kier molecular flexibility index (Phi) is 7.05. The van der Waals surface area contributed by atoms with Crippen molar-refractivity contribution in [2.75, 3.05) is 40.8 Å². The van der Waals surface area contributed by atoms with Crippen molar-refractivity contribution in [2.24, 2.45) is 0 Å². The van der Waals surface area contributed by atoms with Crippen molar-refractivity contribution in [3.05, 3.63) is 76.9 Å². The van der Waals surface area contributed by atoms with E-state index in [1.807, 2.05) is 49.4 Å². The van der Waals surface area contributed by atoms with E-state index < -0.39 is 12.0 Å². The van der Waals surface area contributed by atoms with E-state index in [9.17, 15) is 9.59 Å². The molecule has 188 valence electrons. The number of likely N-dealkylation sites (N-methyl/N-ethyl adjacent to an activating group) is 1. The first kappa shape index (κ1) is 24.9. The summed E-state index contributed by atoms with van der Waals surface area (Å²) >= 11 is 0. The van der Waals surface area contributed by atoms with Gasteiger partial charge in [0.05, 0.1) is 46.1 Å². The van der Waals surface area contributed by atoms with E-state index in [0.29, 0.717) is 39.8 Å². The van der Waals surface area contributed by atoms with Gasteiger partial charge >= 0.3 is 0 Å². The molecule has 0 saturated heterocycles. The first-order chi connectivity index (χ1) is 17.3. The molecule has 0 fully saturated rings. The first-order valence-electron chi connectivity index (χ1n) is 11.5. The van der Waals surface area contributed by atoms with Gasteiger partial charge in [-0.25, -0.2) is 0 Å². The number of rotatable bonds is 7. The van der Waals surface area contributed by atoms with E-state index in [0.717, 1.165) is 11.1 Å². The summed E-state index contributed by atoms with van der Waals surface area (Å²) in [6, 6.07) is 15.7. The molecule has 0 aliphatic carbocycles. The Morgan fingerprint density at radius 2 is 1.47 bits per heavy atom. The fourth-order valence-electron chi connectivity index (χ4n) is 4.68. The zero-order valence-electron chi connectivity index (χ0n) is 21.2. The van der Waals surface area contributed by atoms with Gasteiger partial charge in [-0.15, -0.1) is 0 Å². The van der Waals surface area contributed by atoms with Crippen LogP contribution in [0, 0.1) is 6.92 Å². The fourth-order valence-corrected chi connectivity index (χ4v) is 4.68. The van der Waals surface area contributed by atoms with Gasteiger partial charge < -0.3 is 29.2 Å². The number of hydrogen-bond acceptors (Lipinski definition) is 6. The maximum atomic E-state index is 14.0. The van der Waals surface area contributed by atoms with Crippen molar-refractivity contribution < 1.29 is 28.5 Å². The van der Waals surface area contributed by atoms with Gasteiger partial charge in [0.15, 0.2) is 11.5 Å². The molecule has 0 spiro atoms. The molecule has 2 amide bonds. The van der Waals surface area contributed by atoms with Crippen molar-refractivity contribution in [2.45, 2.75) is 18.9 Å². The maximum absolute atomic E-state index is 14.0. The quantitative estimate of drug-likeness (QED) is 0.522. The molecular formula is C28H30N2O6. The van der Waals surface area contributed by atoms with Gasteiger partial charge in [-0.3, -0.25) is 9.59 Å². The number of aryl methyl sites for hydroxylation is 1. The van der Waals surface area contributed by atoms with Gasteiger partial charge in [0.25, 0.3) is 5.91 Å². The molecule has 3 aromatic rings. The number of hydrogen-bond donors (Lipinski definition) is 1. The molecule has 1 aliphatic rings. The fraction of sp³-hybridized carbons (Fsp3) is 0.286. The number of benzene rings is 3. The molecule has 0 unspecified atom stereocenters. The van der Waals surface area contributed by atoms with Gasteiger partial charge in [-0.05, 0) is 60.0 Å². The van der Waals surface area contributed by atoms with Crippen molar-refractivity contribution in [3.8, 4) is 23.0 Å². The van der Waals surface area contributed by atoms with E-state index in [1.54, 1.807) is 38.3 Å². The molecule has 0 aromatic heterocycles. The second-order valence-electron chi connectivity index (χ2n) is 8.60. The zero-order chi connectivity index (χ0) is 26.0. The van der Waals surface area contributed by atoms with E-state index in [4.69, 9.17) is 18.9 Å². The van der Waals surface area contributed by atoms with Crippen LogP contribution in [0.1, 0.15) is 39.0 Å². The van der Waals surface area contributed by atoms with Crippen LogP contribution in [-0.2, 0) is 4.79 Å². The van der Waals surface area contributed by atoms with Crippen molar-refractivity contribution in [3.63, 3.8) is 0 Å². The Morgan fingerprint density at radius 3 is 2.08 bits per heavy atom. The van der Waals surface area contributed by atoms with Gasteiger partial charge in [-0.2, -0.15) is 0 Å². The summed E-state index contributed by atoms with van der Waals surface area (Å²) in [6.07, 6.45) is 0. The highest BCUT2D eigenvalue weighted by molar-refractivity contribution is 6.05. The number of carbonyl (C=O) groups is 2. The number of anilines is 1. The lowest BCUT2D eigenvalue weighted by Crippen LogP contribution is -2.44. The summed E-state index contributed by atoms with van der Waals surface area (Å²) < 4.78 is 21.7. The molecule has 4 rings (SSSR count). The van der Waals surface area contributed by atoms with Gasteiger partial charge in [0.1, 0.15) is 11.5 Å². The van der Waals surface area contributed by atoms with Crippen molar-refractivity contribution in [1.29, 1.82) is 0 Å². The number of carbonyl (C=O) groups excluding carboxylic acids is 2. The number of ether oxygens (including phenoxy) is 4. The molecule has 36 heavy (non-hydrogen) atoms. The molecule has 1 aliphatic heterocycles. The van der Waals surface area contributed by atoms with Crippen LogP contribution >= 0.6 is 0 Å². The average molecular weight is 491 g/mol. The Hall–Kier alpha value is -4.20. The molecule has 1 heterocycles. The van der Waals surface area contributed by atoms with Gasteiger partial charge in [0, 0.05) is 12.6 Å². The van der Waals surface area contributed by atoms with Crippen LogP contribution in [0.5, 0.6) is 23.0 Å². The van der Waals surface area contributed by atoms with Crippen molar-refractivity contribution >= 4 is 17.5 Å². The second-order valence-corrected chi connectivity index (χ2v) is 8.60. The third kappa shape index (κ3) is 4.42. The summed E-state index contributed by atoms with van der Waals surface area (Å²) in [7, 11) is 7.88. The average Bonchev–Trinajstić information content (AvgIpc) is 2.90. The largest absolute Gasteiger partial charge is 0.497 e. The second kappa shape index (κ2) is 10.2. The van der Waals surface area contributed by atoms with Crippen LogP contribution in [0.25, 0.3) is 0 Å². The topological polar surface area (TPSA) is 86.3 Å². The smallest absolute Gasteiger partial charge is 0.254 e. The van der Waals surface area contributed by atoms with E-state index in [-0.39, 0.29) is 11.8 Å². The maximum Gasteiger partial charge on any atom is 0.254 e. The minimum Gasteiger partial charge on any atom is -0.497 e. The summed E-state index contributed by atoms with van der Waals surface area (Å²) in [4.78, 5) is 29.1. The Labute approximate surface area is 210 Å². The number of amides is 2. The predicted molar refractivity (Wildman–Crippen MR) is 136 cm³/mol. The number of nitrogens with zero attached hydrogens (tertiary/aromatic N) is 1. The van der Waals surface area contributed by atoms with Crippen LogP contribution in [0.4, 0.5) is 5.69 Å². The number of nitrogens with one attached hydrogen (secondary N) is 1. The molecule has 2 atom stereocenters. The standard InChI is InChI=1S/C28H30N2O6/c1-16-7-12-22(34-4)21(13-16)29-27(31)25-19-14-23(35-5)24(36-6)15-20(19)28(32)30(2)26(25)17-8-10-18(33-3)11-9-17/h7-15,25-26H,1-6H3,(H,29,31)/t25-,26+/m1/s1. The lowest BCUT2D eigenvalue weighted by molar-refractivity contribution is -0.119. The summed E-state index contributed by atoms with van der Waals surface area (Å²) in [5, 5.41) is 3.04. The Balaban J connectivity index is 1.89. The summed E-state index contributed by atoms with van der Waals surface area (Å²) in [5.41, 5.74) is 3.26. The van der Waals surface area contributed by atoms with Gasteiger partial charge in [0.2, 0.25) is 5.91 Å². The molecule has 8 heteroatoms. The van der Waals surface area contributed by atoms with Crippen LogP contribution in [0.3, 0.4) is 0 Å². The third-order valence-corrected chi connectivity index (χ3v) is 6.53. The van der Waals surface area contributed by atoms with E-state index in [1.165, 1.54) is 14.2 Å². The third-order valence-electron chi connectivity index (χ3n) is 6.53. The summed E-state index contributed by atoms with van der Waals surface area (Å²) in [6.45, 7) is 1.94. The van der Waals surface area contributed by atoms with E-state index >= 15 is 0 Å². The SMILES string of the molecule is COc1ccc([C@H]2[C@H](C(=O)Nc3cc(C)ccc3OC)c3cc(OC)c(OC)cc3C(=O)N2C)cc1. The number of methoxy groups -OCH3 is 4. The monoisotopic (exact) mass is 490 g/mol.